The molecule has 1 saturated carbocycles. The molecule has 1 N–H and O–H groups in total. The van der Waals surface area contributed by atoms with Crippen LogP contribution in [0.5, 0.6) is 0 Å². The van der Waals surface area contributed by atoms with Gasteiger partial charge in [0.1, 0.15) is 6.61 Å². The number of hydrogen-bond acceptors (Lipinski definition) is 4. The SMILES string of the molecule is COCC#Cc1ccc([C@H]2[C@@H](CO)N3C(=O)CN(C(=O)C4CC4)C[C@@H]23)cc1. The standard InChI is InChI=1S/C21H24N2O4/c1-27-10-2-3-14-4-6-15(7-5-14)20-17-11-22(21(26)16-8-9-16)12-19(25)23(17)18(20)13-24/h4-7,16-18,20,24H,8-13H2,1H3/t17-,18+,20+/m0/s1. The smallest absolute Gasteiger partial charge is 0.242 e. The molecule has 0 bridgehead atoms. The van der Waals surface area contributed by atoms with Crippen molar-refractivity contribution in [2.45, 2.75) is 30.8 Å². The number of aliphatic hydroxyl groups excluding tert-OH is 1. The molecule has 2 heterocycles. The Morgan fingerprint density at radius 1 is 1.30 bits per heavy atom. The van der Waals surface area contributed by atoms with Gasteiger partial charge in [-0.1, -0.05) is 24.0 Å². The molecule has 0 radical (unpaired) electrons. The van der Waals surface area contributed by atoms with E-state index < -0.39 is 0 Å². The van der Waals surface area contributed by atoms with E-state index in [1.54, 1.807) is 16.9 Å². The van der Waals surface area contributed by atoms with Gasteiger partial charge in [0.05, 0.1) is 25.2 Å². The first-order valence-electron chi connectivity index (χ1n) is 9.42. The van der Waals surface area contributed by atoms with Crippen LogP contribution >= 0.6 is 0 Å². The van der Waals surface area contributed by atoms with E-state index in [4.69, 9.17) is 4.74 Å². The summed E-state index contributed by atoms with van der Waals surface area (Å²) < 4.78 is 4.93. The number of fused-ring (bicyclic) bond motifs is 1. The van der Waals surface area contributed by atoms with Gasteiger partial charge in [-0.15, -0.1) is 0 Å². The highest BCUT2D eigenvalue weighted by molar-refractivity contribution is 5.89. The molecule has 1 aliphatic carbocycles. The van der Waals surface area contributed by atoms with Crippen LogP contribution in [-0.2, 0) is 14.3 Å². The highest BCUT2D eigenvalue weighted by Crippen LogP contribution is 2.43. The zero-order valence-corrected chi connectivity index (χ0v) is 15.4. The second-order valence-electron chi connectivity index (χ2n) is 7.49. The molecule has 2 aliphatic heterocycles. The Morgan fingerprint density at radius 2 is 2.04 bits per heavy atom. The molecule has 3 aliphatic rings. The van der Waals surface area contributed by atoms with E-state index in [0.29, 0.717) is 13.2 Å². The van der Waals surface area contributed by atoms with Gasteiger partial charge >= 0.3 is 0 Å². The number of methoxy groups -OCH3 is 1. The number of piperazine rings is 1. The van der Waals surface area contributed by atoms with Crippen LogP contribution in [0.1, 0.15) is 29.9 Å². The Kier molecular flexibility index (Phi) is 4.90. The molecule has 3 fully saturated rings. The predicted molar refractivity (Wildman–Crippen MR) is 98.7 cm³/mol. The van der Waals surface area contributed by atoms with Gasteiger partial charge in [-0.3, -0.25) is 9.59 Å². The third kappa shape index (κ3) is 3.33. The lowest BCUT2D eigenvalue weighted by atomic mass is 9.73. The van der Waals surface area contributed by atoms with Crippen LogP contribution in [0.2, 0.25) is 0 Å². The van der Waals surface area contributed by atoms with Gasteiger partial charge in [0.15, 0.2) is 0 Å². The Balaban J connectivity index is 1.52. The van der Waals surface area contributed by atoms with Crippen molar-refractivity contribution in [1.29, 1.82) is 0 Å². The molecule has 1 aromatic carbocycles. The lowest BCUT2D eigenvalue weighted by Gasteiger charge is -2.58. The van der Waals surface area contributed by atoms with Crippen molar-refractivity contribution in [3.05, 3.63) is 35.4 Å². The van der Waals surface area contributed by atoms with Crippen molar-refractivity contribution in [1.82, 2.24) is 9.80 Å². The van der Waals surface area contributed by atoms with Gasteiger partial charge < -0.3 is 19.6 Å². The van der Waals surface area contributed by atoms with Crippen LogP contribution in [-0.4, -0.2) is 72.2 Å². The number of ether oxygens (including phenoxy) is 1. The van der Waals surface area contributed by atoms with Crippen molar-refractivity contribution in [2.24, 2.45) is 5.92 Å². The molecule has 1 aromatic rings. The number of carbonyl (C=O) groups excluding carboxylic acids is 2. The van der Waals surface area contributed by atoms with E-state index in [2.05, 4.69) is 11.8 Å². The monoisotopic (exact) mass is 368 g/mol. The van der Waals surface area contributed by atoms with Crippen LogP contribution in [0.25, 0.3) is 0 Å². The first kappa shape index (κ1) is 18.0. The molecule has 3 atom stereocenters. The van der Waals surface area contributed by atoms with Crippen LogP contribution < -0.4 is 0 Å². The van der Waals surface area contributed by atoms with Gasteiger partial charge in [0, 0.05) is 31.1 Å². The van der Waals surface area contributed by atoms with Crippen LogP contribution in [0, 0.1) is 17.8 Å². The summed E-state index contributed by atoms with van der Waals surface area (Å²) in [5, 5.41) is 9.83. The quantitative estimate of drug-likeness (QED) is 0.790. The van der Waals surface area contributed by atoms with Crippen molar-refractivity contribution in [3.63, 3.8) is 0 Å². The van der Waals surface area contributed by atoms with Gasteiger partial charge in [-0.2, -0.15) is 0 Å². The van der Waals surface area contributed by atoms with Gasteiger partial charge in [-0.25, -0.2) is 0 Å². The van der Waals surface area contributed by atoms with E-state index in [1.165, 1.54) is 0 Å². The molecule has 0 unspecified atom stereocenters. The topological polar surface area (TPSA) is 70.1 Å². The van der Waals surface area contributed by atoms with Crippen molar-refractivity contribution in [2.75, 3.05) is 33.4 Å². The number of benzene rings is 1. The fourth-order valence-electron chi connectivity index (χ4n) is 4.25. The lowest BCUT2D eigenvalue weighted by Crippen LogP contribution is -2.73. The number of hydrogen-bond donors (Lipinski definition) is 1. The molecule has 142 valence electrons. The third-order valence-corrected chi connectivity index (χ3v) is 5.74. The molecule has 27 heavy (non-hydrogen) atoms. The number of rotatable bonds is 4. The zero-order chi connectivity index (χ0) is 19.0. The van der Waals surface area contributed by atoms with Crippen LogP contribution in [0.4, 0.5) is 0 Å². The van der Waals surface area contributed by atoms with Crippen LogP contribution in [0.3, 0.4) is 0 Å². The van der Waals surface area contributed by atoms with Gasteiger partial charge in [0.2, 0.25) is 11.8 Å². The van der Waals surface area contributed by atoms with Gasteiger partial charge in [0.25, 0.3) is 0 Å². The Bertz CT molecular complexity index is 791. The molecule has 6 nitrogen and oxygen atoms in total. The molecule has 2 saturated heterocycles. The van der Waals surface area contributed by atoms with E-state index in [0.717, 1.165) is 24.0 Å². The number of amides is 2. The largest absolute Gasteiger partial charge is 0.394 e. The van der Waals surface area contributed by atoms with Crippen molar-refractivity contribution >= 4 is 11.8 Å². The fraction of sp³-hybridized carbons (Fsp3) is 0.524. The molecular formula is C21H24N2O4. The highest BCUT2D eigenvalue weighted by atomic mass is 16.5. The lowest BCUT2D eigenvalue weighted by molar-refractivity contribution is -0.167. The first-order valence-corrected chi connectivity index (χ1v) is 9.42. The summed E-state index contributed by atoms with van der Waals surface area (Å²) in [5.41, 5.74) is 1.97. The average molecular weight is 368 g/mol. The predicted octanol–water partition coefficient (Wildman–Crippen LogP) is 0.592. The summed E-state index contributed by atoms with van der Waals surface area (Å²) >= 11 is 0. The summed E-state index contributed by atoms with van der Waals surface area (Å²) in [6, 6.07) is 7.64. The molecular weight excluding hydrogens is 344 g/mol. The van der Waals surface area contributed by atoms with E-state index >= 15 is 0 Å². The first-order chi connectivity index (χ1) is 13.1. The molecule has 0 aromatic heterocycles. The molecule has 2 amide bonds. The Morgan fingerprint density at radius 3 is 2.67 bits per heavy atom. The van der Waals surface area contributed by atoms with E-state index in [-0.39, 0.29) is 48.9 Å². The summed E-state index contributed by atoms with van der Waals surface area (Å²) in [6.45, 7) is 1.01. The minimum Gasteiger partial charge on any atom is -0.394 e. The average Bonchev–Trinajstić information content (AvgIpc) is 3.49. The Labute approximate surface area is 159 Å². The second-order valence-corrected chi connectivity index (χ2v) is 7.49. The minimum atomic E-state index is -0.217. The molecule has 4 rings (SSSR count). The highest BCUT2D eigenvalue weighted by Gasteiger charge is 2.55. The zero-order valence-electron chi connectivity index (χ0n) is 15.4. The number of aliphatic hydroxyl groups is 1. The molecule has 6 heteroatoms. The van der Waals surface area contributed by atoms with Crippen molar-refractivity contribution in [3.8, 4) is 11.8 Å². The maximum absolute atomic E-state index is 12.6. The fourth-order valence-corrected chi connectivity index (χ4v) is 4.25. The third-order valence-electron chi connectivity index (χ3n) is 5.74. The maximum Gasteiger partial charge on any atom is 0.242 e. The Hall–Kier alpha value is -2.36. The number of nitrogens with zero attached hydrogens (tertiary/aromatic N) is 2. The summed E-state index contributed by atoms with van der Waals surface area (Å²) in [6.07, 6.45) is 1.87. The summed E-state index contributed by atoms with van der Waals surface area (Å²) in [5.74, 6) is 6.16. The second kappa shape index (κ2) is 7.34. The van der Waals surface area contributed by atoms with Crippen LogP contribution in [0.15, 0.2) is 24.3 Å². The summed E-state index contributed by atoms with van der Waals surface area (Å²) in [7, 11) is 1.61. The van der Waals surface area contributed by atoms with E-state index in [1.807, 2.05) is 24.3 Å². The summed E-state index contributed by atoms with van der Waals surface area (Å²) in [4.78, 5) is 28.5. The van der Waals surface area contributed by atoms with Crippen molar-refractivity contribution < 1.29 is 19.4 Å². The number of carbonyl (C=O) groups is 2. The van der Waals surface area contributed by atoms with E-state index in [9.17, 15) is 14.7 Å². The molecule has 0 spiro atoms. The minimum absolute atomic E-state index is 0.0368. The maximum atomic E-state index is 12.6. The normalized spacial score (nSPS) is 26.7. The van der Waals surface area contributed by atoms with Gasteiger partial charge in [-0.05, 0) is 30.5 Å².